The number of aldehydes is 1. The minimum absolute atomic E-state index is 0.0881. The van der Waals surface area contributed by atoms with E-state index in [-0.39, 0.29) is 5.92 Å². The molecule has 2 nitrogen and oxygen atoms in total. The summed E-state index contributed by atoms with van der Waals surface area (Å²) in [5, 5.41) is 0. The lowest BCUT2D eigenvalue weighted by Gasteiger charge is -2.05. The average molecular weight is 176 g/mol. The molecule has 1 aromatic carbocycles. The zero-order valence-electron chi connectivity index (χ0n) is 7.62. The summed E-state index contributed by atoms with van der Waals surface area (Å²) >= 11 is 0. The summed E-state index contributed by atoms with van der Waals surface area (Å²) < 4.78 is 5.12. The van der Waals surface area contributed by atoms with Gasteiger partial charge in [0.1, 0.15) is 12.0 Å². The van der Waals surface area contributed by atoms with Crippen molar-refractivity contribution < 1.29 is 9.53 Å². The van der Waals surface area contributed by atoms with Crippen molar-refractivity contribution in [3.63, 3.8) is 0 Å². The molecule has 0 aromatic heterocycles. The first-order valence-corrected chi connectivity index (χ1v) is 4.47. The SMILES string of the molecule is COc1ccc2c(c1)C(C=O)CC2. The van der Waals surface area contributed by atoms with E-state index in [4.69, 9.17) is 4.74 Å². The van der Waals surface area contributed by atoms with Crippen LogP contribution in [0.5, 0.6) is 5.75 Å². The van der Waals surface area contributed by atoms with E-state index in [0.29, 0.717) is 0 Å². The van der Waals surface area contributed by atoms with Crippen molar-refractivity contribution in [2.24, 2.45) is 0 Å². The smallest absolute Gasteiger partial charge is 0.127 e. The number of fused-ring (bicyclic) bond motifs is 1. The molecule has 0 aliphatic heterocycles. The standard InChI is InChI=1S/C11H12O2/c1-13-10-5-4-8-2-3-9(7-12)11(8)6-10/h4-7,9H,2-3H2,1H3. The van der Waals surface area contributed by atoms with Crippen LogP contribution in [0.15, 0.2) is 18.2 Å². The number of rotatable bonds is 2. The second-order valence-corrected chi connectivity index (χ2v) is 3.35. The van der Waals surface area contributed by atoms with Crippen molar-refractivity contribution in [2.75, 3.05) is 7.11 Å². The molecule has 0 fully saturated rings. The van der Waals surface area contributed by atoms with Crippen molar-refractivity contribution in [2.45, 2.75) is 18.8 Å². The van der Waals surface area contributed by atoms with Gasteiger partial charge in [0.15, 0.2) is 0 Å². The third-order valence-electron chi connectivity index (χ3n) is 2.64. The van der Waals surface area contributed by atoms with Gasteiger partial charge < -0.3 is 9.53 Å². The van der Waals surface area contributed by atoms with Crippen molar-refractivity contribution >= 4 is 6.29 Å². The summed E-state index contributed by atoms with van der Waals surface area (Å²) in [7, 11) is 1.65. The van der Waals surface area contributed by atoms with Gasteiger partial charge in [-0.2, -0.15) is 0 Å². The molecule has 0 amide bonds. The van der Waals surface area contributed by atoms with Crippen LogP contribution < -0.4 is 4.74 Å². The molecular formula is C11H12O2. The highest BCUT2D eigenvalue weighted by molar-refractivity contribution is 5.65. The number of hydrogen-bond acceptors (Lipinski definition) is 2. The van der Waals surface area contributed by atoms with Crippen LogP contribution in [-0.2, 0) is 11.2 Å². The molecule has 0 spiro atoms. The molecule has 0 heterocycles. The molecule has 0 bridgehead atoms. The Labute approximate surface area is 77.5 Å². The van der Waals surface area contributed by atoms with Crippen LogP contribution >= 0.6 is 0 Å². The quantitative estimate of drug-likeness (QED) is 0.643. The first-order chi connectivity index (χ1) is 6.35. The van der Waals surface area contributed by atoms with E-state index in [0.717, 1.165) is 30.4 Å². The molecule has 1 aliphatic carbocycles. The normalized spacial score (nSPS) is 19.6. The number of carbonyl (C=O) groups excluding carboxylic acids is 1. The highest BCUT2D eigenvalue weighted by Crippen LogP contribution is 2.33. The van der Waals surface area contributed by atoms with Gasteiger partial charge in [-0.25, -0.2) is 0 Å². The van der Waals surface area contributed by atoms with Crippen LogP contribution in [0.4, 0.5) is 0 Å². The van der Waals surface area contributed by atoms with Crippen molar-refractivity contribution in [1.82, 2.24) is 0 Å². The summed E-state index contributed by atoms with van der Waals surface area (Å²) in [5.41, 5.74) is 2.44. The van der Waals surface area contributed by atoms with Crippen LogP contribution in [0, 0.1) is 0 Å². The highest BCUT2D eigenvalue weighted by Gasteiger charge is 2.21. The maximum atomic E-state index is 10.7. The summed E-state index contributed by atoms with van der Waals surface area (Å²) in [5.74, 6) is 0.928. The zero-order valence-corrected chi connectivity index (χ0v) is 7.62. The number of benzene rings is 1. The van der Waals surface area contributed by atoms with Crippen LogP contribution in [-0.4, -0.2) is 13.4 Å². The summed E-state index contributed by atoms with van der Waals surface area (Å²) in [6.07, 6.45) is 3.00. The lowest BCUT2D eigenvalue weighted by Crippen LogP contribution is -1.94. The number of aryl methyl sites for hydroxylation is 1. The Bertz CT molecular complexity index is 331. The van der Waals surface area contributed by atoms with Gasteiger partial charge in [-0.15, -0.1) is 0 Å². The van der Waals surface area contributed by atoms with Crippen LogP contribution in [0.25, 0.3) is 0 Å². The van der Waals surface area contributed by atoms with E-state index in [2.05, 4.69) is 6.07 Å². The molecule has 68 valence electrons. The van der Waals surface area contributed by atoms with Gasteiger partial charge in [0.2, 0.25) is 0 Å². The summed E-state index contributed by atoms with van der Waals surface area (Å²) in [6, 6.07) is 5.98. The van der Waals surface area contributed by atoms with E-state index in [1.54, 1.807) is 7.11 Å². The third kappa shape index (κ3) is 1.32. The lowest BCUT2D eigenvalue weighted by atomic mass is 10.0. The van der Waals surface area contributed by atoms with E-state index in [1.807, 2.05) is 12.1 Å². The van der Waals surface area contributed by atoms with Gasteiger partial charge in [-0.1, -0.05) is 6.07 Å². The molecule has 13 heavy (non-hydrogen) atoms. The number of ether oxygens (including phenoxy) is 1. The molecule has 0 radical (unpaired) electrons. The van der Waals surface area contributed by atoms with Crippen molar-refractivity contribution in [1.29, 1.82) is 0 Å². The third-order valence-corrected chi connectivity index (χ3v) is 2.64. The first kappa shape index (κ1) is 8.30. The van der Waals surface area contributed by atoms with Gasteiger partial charge in [-0.3, -0.25) is 0 Å². The second-order valence-electron chi connectivity index (χ2n) is 3.35. The minimum Gasteiger partial charge on any atom is -0.497 e. The number of carbonyl (C=O) groups is 1. The molecular weight excluding hydrogens is 164 g/mol. The molecule has 1 atom stereocenters. The Balaban J connectivity index is 2.42. The molecule has 0 N–H and O–H groups in total. The van der Waals surface area contributed by atoms with Gasteiger partial charge in [0, 0.05) is 5.92 Å². The topological polar surface area (TPSA) is 26.3 Å². The highest BCUT2D eigenvalue weighted by atomic mass is 16.5. The van der Waals surface area contributed by atoms with Crippen LogP contribution in [0.1, 0.15) is 23.5 Å². The van der Waals surface area contributed by atoms with E-state index in [9.17, 15) is 4.79 Å². The molecule has 0 saturated carbocycles. The second kappa shape index (κ2) is 3.21. The minimum atomic E-state index is 0.0881. The average Bonchev–Trinajstić information content (AvgIpc) is 2.59. The Morgan fingerprint density at radius 1 is 1.54 bits per heavy atom. The van der Waals surface area contributed by atoms with E-state index < -0.39 is 0 Å². The molecule has 1 aromatic rings. The van der Waals surface area contributed by atoms with E-state index >= 15 is 0 Å². The number of hydrogen-bond donors (Lipinski definition) is 0. The van der Waals surface area contributed by atoms with Crippen molar-refractivity contribution in [3.8, 4) is 5.75 Å². The Hall–Kier alpha value is -1.31. The Morgan fingerprint density at radius 3 is 3.08 bits per heavy atom. The summed E-state index contributed by atoms with van der Waals surface area (Å²) in [4.78, 5) is 10.7. The van der Waals surface area contributed by atoms with Crippen LogP contribution in [0.3, 0.4) is 0 Å². The fraction of sp³-hybridized carbons (Fsp3) is 0.364. The van der Waals surface area contributed by atoms with Gasteiger partial charge in [0.05, 0.1) is 7.11 Å². The molecule has 1 aliphatic rings. The van der Waals surface area contributed by atoms with Gasteiger partial charge >= 0.3 is 0 Å². The van der Waals surface area contributed by atoms with E-state index in [1.165, 1.54) is 5.56 Å². The molecule has 2 heteroatoms. The monoisotopic (exact) mass is 176 g/mol. The first-order valence-electron chi connectivity index (χ1n) is 4.47. The molecule has 0 saturated heterocycles. The Kier molecular flexibility index (Phi) is 2.05. The number of methoxy groups -OCH3 is 1. The zero-order chi connectivity index (χ0) is 9.26. The fourth-order valence-corrected chi connectivity index (χ4v) is 1.88. The maximum Gasteiger partial charge on any atom is 0.127 e. The van der Waals surface area contributed by atoms with Crippen molar-refractivity contribution in [3.05, 3.63) is 29.3 Å². The molecule has 2 rings (SSSR count). The fourth-order valence-electron chi connectivity index (χ4n) is 1.88. The molecule has 1 unspecified atom stereocenters. The predicted octanol–water partition coefficient (Wildman–Crippen LogP) is 1.92. The van der Waals surface area contributed by atoms with Crippen LogP contribution in [0.2, 0.25) is 0 Å². The largest absolute Gasteiger partial charge is 0.497 e. The lowest BCUT2D eigenvalue weighted by molar-refractivity contribution is -0.109. The predicted molar refractivity (Wildman–Crippen MR) is 50.1 cm³/mol. The summed E-state index contributed by atoms with van der Waals surface area (Å²) in [6.45, 7) is 0. The van der Waals surface area contributed by atoms with Gasteiger partial charge in [0.25, 0.3) is 0 Å². The Morgan fingerprint density at radius 2 is 2.38 bits per heavy atom. The maximum absolute atomic E-state index is 10.7. The van der Waals surface area contributed by atoms with Gasteiger partial charge in [-0.05, 0) is 36.1 Å².